The topological polar surface area (TPSA) is 80.0 Å². The van der Waals surface area contributed by atoms with Crippen LogP contribution in [0.4, 0.5) is 0 Å². The Labute approximate surface area is 154 Å². The summed E-state index contributed by atoms with van der Waals surface area (Å²) in [6, 6.07) is 6.99. The van der Waals surface area contributed by atoms with Crippen LogP contribution in [-0.4, -0.2) is 32.3 Å². The number of carbonyl (C=O) groups is 1. The maximum Gasteiger partial charge on any atom is 0.342 e. The normalized spacial score (nSPS) is 10.4. The molecule has 136 valence electrons. The molecule has 8 heteroatoms. The number of hydrogen-bond acceptors (Lipinski definition) is 8. The molecule has 0 N–H and O–H groups in total. The number of thiophene rings is 1. The van der Waals surface area contributed by atoms with Crippen molar-refractivity contribution >= 4 is 17.3 Å². The number of benzene rings is 1. The van der Waals surface area contributed by atoms with Crippen LogP contribution >= 0.6 is 11.3 Å². The van der Waals surface area contributed by atoms with Crippen molar-refractivity contribution in [1.82, 2.24) is 4.98 Å². The van der Waals surface area contributed by atoms with E-state index in [2.05, 4.69) is 4.98 Å². The first kappa shape index (κ1) is 17.8. The maximum atomic E-state index is 12.4. The zero-order chi connectivity index (χ0) is 18.5. The van der Waals surface area contributed by atoms with Gasteiger partial charge in [-0.05, 0) is 23.6 Å². The quantitative estimate of drug-likeness (QED) is 0.581. The van der Waals surface area contributed by atoms with E-state index in [1.54, 1.807) is 12.1 Å². The zero-order valence-electron chi connectivity index (χ0n) is 14.5. The summed E-state index contributed by atoms with van der Waals surface area (Å²) in [6.07, 6.45) is 1.47. The molecule has 0 fully saturated rings. The molecule has 2 heterocycles. The van der Waals surface area contributed by atoms with Crippen molar-refractivity contribution in [3.8, 4) is 28.0 Å². The van der Waals surface area contributed by atoms with E-state index in [9.17, 15) is 4.79 Å². The van der Waals surface area contributed by atoms with Crippen molar-refractivity contribution in [2.24, 2.45) is 0 Å². The van der Waals surface area contributed by atoms with Gasteiger partial charge in [0.15, 0.2) is 11.5 Å². The van der Waals surface area contributed by atoms with Gasteiger partial charge in [0.25, 0.3) is 0 Å². The van der Waals surface area contributed by atoms with Crippen LogP contribution < -0.4 is 14.2 Å². The predicted octanol–water partition coefficient (Wildman–Crippen LogP) is 3.79. The first-order chi connectivity index (χ1) is 12.7. The van der Waals surface area contributed by atoms with Gasteiger partial charge in [0.05, 0.1) is 26.2 Å². The molecule has 1 aromatic carbocycles. The number of hydrogen-bond donors (Lipinski definition) is 0. The standard InChI is InChI=1S/C18H17NO6S/c1-21-13-7-6-12(15(22-2)16(13)23-3)18(20)25-10-11-9-24-17(19-11)14-5-4-8-26-14/h4-9H,10H2,1-3H3. The van der Waals surface area contributed by atoms with E-state index in [4.69, 9.17) is 23.4 Å². The fourth-order valence-electron chi connectivity index (χ4n) is 2.37. The van der Waals surface area contributed by atoms with Gasteiger partial charge in [-0.25, -0.2) is 9.78 Å². The number of esters is 1. The molecule has 7 nitrogen and oxygen atoms in total. The first-order valence-electron chi connectivity index (χ1n) is 7.62. The van der Waals surface area contributed by atoms with E-state index in [0.29, 0.717) is 23.1 Å². The van der Waals surface area contributed by atoms with Crippen LogP contribution in [0.2, 0.25) is 0 Å². The minimum Gasteiger partial charge on any atom is -0.493 e. The molecular weight excluding hydrogens is 358 g/mol. The van der Waals surface area contributed by atoms with Gasteiger partial charge in [0, 0.05) is 0 Å². The second-order valence-corrected chi connectivity index (χ2v) is 6.03. The second-order valence-electron chi connectivity index (χ2n) is 5.08. The summed E-state index contributed by atoms with van der Waals surface area (Å²) < 4.78 is 26.5. The van der Waals surface area contributed by atoms with E-state index in [1.807, 2.05) is 17.5 Å². The maximum absolute atomic E-state index is 12.4. The summed E-state index contributed by atoms with van der Waals surface area (Å²) in [4.78, 5) is 17.7. The number of oxazole rings is 1. The molecule has 0 bridgehead atoms. The third kappa shape index (κ3) is 3.50. The van der Waals surface area contributed by atoms with Crippen LogP contribution in [0.3, 0.4) is 0 Å². The number of ether oxygens (including phenoxy) is 4. The molecule has 0 radical (unpaired) electrons. The summed E-state index contributed by atoms with van der Waals surface area (Å²) in [6.45, 7) is -0.0226. The lowest BCUT2D eigenvalue weighted by molar-refractivity contribution is 0.0463. The summed E-state index contributed by atoms with van der Waals surface area (Å²) in [5, 5.41) is 1.93. The SMILES string of the molecule is COc1ccc(C(=O)OCc2coc(-c3cccs3)n2)c(OC)c1OC. The first-order valence-corrected chi connectivity index (χ1v) is 8.50. The van der Waals surface area contributed by atoms with Gasteiger partial charge in [0.2, 0.25) is 11.6 Å². The molecule has 3 rings (SSSR count). The predicted molar refractivity (Wildman–Crippen MR) is 95.0 cm³/mol. The van der Waals surface area contributed by atoms with Gasteiger partial charge in [0.1, 0.15) is 24.1 Å². The molecule has 2 aromatic heterocycles. The van der Waals surface area contributed by atoms with E-state index >= 15 is 0 Å². The van der Waals surface area contributed by atoms with Crippen LogP contribution in [0.1, 0.15) is 16.1 Å². The molecule has 0 atom stereocenters. The zero-order valence-corrected chi connectivity index (χ0v) is 15.3. The van der Waals surface area contributed by atoms with Crippen molar-refractivity contribution in [2.75, 3.05) is 21.3 Å². The third-order valence-corrected chi connectivity index (χ3v) is 4.42. The van der Waals surface area contributed by atoms with Crippen LogP contribution in [0.5, 0.6) is 17.2 Å². The van der Waals surface area contributed by atoms with Gasteiger partial charge in [-0.15, -0.1) is 11.3 Å². The second kappa shape index (κ2) is 7.92. The molecule has 0 aliphatic carbocycles. The van der Waals surface area contributed by atoms with E-state index in [1.165, 1.54) is 38.9 Å². The largest absolute Gasteiger partial charge is 0.493 e. The lowest BCUT2D eigenvalue weighted by Gasteiger charge is -2.14. The van der Waals surface area contributed by atoms with Crippen molar-refractivity contribution in [3.05, 3.63) is 47.2 Å². The van der Waals surface area contributed by atoms with Gasteiger partial charge in [-0.1, -0.05) is 6.07 Å². The van der Waals surface area contributed by atoms with E-state index < -0.39 is 5.97 Å². The highest BCUT2D eigenvalue weighted by Gasteiger charge is 2.22. The molecule has 0 unspecified atom stereocenters. The number of nitrogens with zero attached hydrogens (tertiary/aromatic N) is 1. The lowest BCUT2D eigenvalue weighted by Crippen LogP contribution is -2.09. The third-order valence-electron chi connectivity index (χ3n) is 3.56. The van der Waals surface area contributed by atoms with Crippen molar-refractivity contribution in [1.29, 1.82) is 0 Å². The molecule has 0 saturated heterocycles. The van der Waals surface area contributed by atoms with Crippen LogP contribution in [0.25, 0.3) is 10.8 Å². The Morgan fingerprint density at radius 1 is 1.12 bits per heavy atom. The fraction of sp³-hybridized carbons (Fsp3) is 0.222. The average molecular weight is 375 g/mol. The Morgan fingerprint density at radius 3 is 2.58 bits per heavy atom. The minimum atomic E-state index is -0.566. The Balaban J connectivity index is 1.74. The number of methoxy groups -OCH3 is 3. The smallest absolute Gasteiger partial charge is 0.342 e. The van der Waals surface area contributed by atoms with Crippen molar-refractivity contribution in [2.45, 2.75) is 6.61 Å². The van der Waals surface area contributed by atoms with Gasteiger partial charge in [-0.3, -0.25) is 0 Å². The summed E-state index contributed by atoms with van der Waals surface area (Å²) in [5.74, 6) is 0.957. The summed E-state index contributed by atoms with van der Waals surface area (Å²) in [5.41, 5.74) is 0.744. The molecular formula is C18H17NO6S. The monoisotopic (exact) mass is 375 g/mol. The molecule has 0 spiro atoms. The molecule has 26 heavy (non-hydrogen) atoms. The minimum absolute atomic E-state index is 0.0226. The van der Waals surface area contributed by atoms with E-state index in [-0.39, 0.29) is 17.9 Å². The van der Waals surface area contributed by atoms with Crippen molar-refractivity contribution in [3.63, 3.8) is 0 Å². The van der Waals surface area contributed by atoms with Gasteiger partial charge in [-0.2, -0.15) is 0 Å². The van der Waals surface area contributed by atoms with Crippen molar-refractivity contribution < 1.29 is 28.2 Å². The number of aromatic nitrogens is 1. The highest BCUT2D eigenvalue weighted by atomic mass is 32.1. The highest BCUT2D eigenvalue weighted by Crippen LogP contribution is 2.40. The molecule has 3 aromatic rings. The fourth-order valence-corrected chi connectivity index (χ4v) is 3.02. The van der Waals surface area contributed by atoms with Crippen LogP contribution in [-0.2, 0) is 11.3 Å². The highest BCUT2D eigenvalue weighted by molar-refractivity contribution is 7.13. The molecule has 0 aliphatic heterocycles. The Morgan fingerprint density at radius 2 is 1.92 bits per heavy atom. The summed E-state index contributed by atoms with van der Waals surface area (Å²) >= 11 is 1.52. The lowest BCUT2D eigenvalue weighted by atomic mass is 10.1. The van der Waals surface area contributed by atoms with Gasteiger partial charge >= 0.3 is 5.97 Å². The Hall–Kier alpha value is -3.00. The van der Waals surface area contributed by atoms with Crippen LogP contribution in [0.15, 0.2) is 40.3 Å². The summed E-state index contributed by atoms with van der Waals surface area (Å²) in [7, 11) is 4.42. The Bertz CT molecular complexity index is 887. The number of rotatable bonds is 7. The van der Waals surface area contributed by atoms with Crippen LogP contribution in [0, 0.1) is 0 Å². The average Bonchev–Trinajstić information content (AvgIpc) is 3.35. The molecule has 0 aliphatic rings. The molecule has 0 amide bonds. The number of carbonyl (C=O) groups excluding carboxylic acids is 1. The molecule has 0 saturated carbocycles. The van der Waals surface area contributed by atoms with Gasteiger partial charge < -0.3 is 23.4 Å². The Kier molecular flexibility index (Phi) is 5.43. The van der Waals surface area contributed by atoms with E-state index in [0.717, 1.165) is 4.88 Å².